The van der Waals surface area contributed by atoms with Crippen LogP contribution >= 0.6 is 23.2 Å². The van der Waals surface area contributed by atoms with Gasteiger partial charge in [0.2, 0.25) is 0 Å². The van der Waals surface area contributed by atoms with Crippen LogP contribution in [0.2, 0.25) is 10.0 Å². The van der Waals surface area contributed by atoms with Gasteiger partial charge in [0, 0.05) is 46.0 Å². The summed E-state index contributed by atoms with van der Waals surface area (Å²) in [6.45, 7) is 6.67. The Morgan fingerprint density at radius 2 is 1.72 bits per heavy atom. The lowest BCUT2D eigenvalue weighted by Crippen LogP contribution is -2.12. The van der Waals surface area contributed by atoms with Gasteiger partial charge in [-0.15, -0.1) is 0 Å². The summed E-state index contributed by atoms with van der Waals surface area (Å²) in [5.41, 5.74) is 5.82. The lowest BCUT2D eigenvalue weighted by atomic mass is 9.86. The first-order chi connectivity index (χ1) is 13.8. The Kier molecular flexibility index (Phi) is 5.28. The van der Waals surface area contributed by atoms with Crippen molar-refractivity contribution in [3.05, 3.63) is 100 Å². The summed E-state index contributed by atoms with van der Waals surface area (Å²) in [5.74, 6) is 0. The van der Waals surface area contributed by atoms with Crippen LogP contribution in [0.25, 0.3) is 11.1 Å². The molecule has 0 saturated carbocycles. The van der Waals surface area contributed by atoms with Crippen LogP contribution < -0.4 is 0 Å². The lowest BCUT2D eigenvalue weighted by Gasteiger charge is -2.22. The summed E-state index contributed by atoms with van der Waals surface area (Å²) < 4.78 is 2.06. The lowest BCUT2D eigenvalue weighted by molar-refractivity contribution is 0.590. The molecular weight excluding hydrogens is 401 g/mol. The third-order valence-electron chi connectivity index (χ3n) is 5.21. The van der Waals surface area contributed by atoms with Crippen molar-refractivity contribution in [2.45, 2.75) is 32.2 Å². The fourth-order valence-corrected chi connectivity index (χ4v) is 4.15. The minimum Gasteiger partial charge on any atom is -0.367 e. The van der Waals surface area contributed by atoms with Crippen molar-refractivity contribution in [3.63, 3.8) is 0 Å². The van der Waals surface area contributed by atoms with Crippen LogP contribution in [-0.2, 0) is 5.41 Å². The minimum absolute atomic E-state index is 0.120. The average molecular weight is 424 g/mol. The normalized spacial score (nSPS) is 12.9. The molecule has 4 aromatic rings. The van der Waals surface area contributed by atoms with Crippen LogP contribution in [0, 0.1) is 0 Å². The molecule has 0 bridgehead atoms. The molecule has 5 heteroatoms. The maximum atomic E-state index is 6.60. The second kappa shape index (κ2) is 7.74. The summed E-state index contributed by atoms with van der Waals surface area (Å²) in [6, 6.07) is 14.3. The molecule has 0 aliphatic carbocycles. The van der Waals surface area contributed by atoms with Crippen molar-refractivity contribution in [2.24, 2.45) is 0 Å². The first-order valence-corrected chi connectivity index (χ1v) is 10.3. The molecule has 0 amide bonds. The van der Waals surface area contributed by atoms with Gasteiger partial charge in [-0.05, 0) is 34.2 Å². The zero-order valence-corrected chi connectivity index (χ0v) is 18.2. The molecule has 2 aromatic carbocycles. The quantitative estimate of drug-likeness (QED) is 0.372. The van der Waals surface area contributed by atoms with E-state index in [-0.39, 0.29) is 11.5 Å². The number of imidazole rings is 1. The summed E-state index contributed by atoms with van der Waals surface area (Å²) >= 11 is 12.7. The number of hydrogen-bond donors (Lipinski definition) is 1. The summed E-state index contributed by atoms with van der Waals surface area (Å²) in [6.07, 6.45) is 9.61. The van der Waals surface area contributed by atoms with Gasteiger partial charge in [-0.2, -0.15) is 0 Å². The molecule has 29 heavy (non-hydrogen) atoms. The zero-order chi connectivity index (χ0) is 20.6. The molecule has 4 rings (SSSR count). The number of H-pyrrole nitrogens is 1. The number of halogens is 2. The Balaban J connectivity index is 1.83. The highest BCUT2D eigenvalue weighted by Crippen LogP contribution is 2.38. The molecule has 0 aliphatic heterocycles. The number of hydrogen-bond acceptors (Lipinski definition) is 1. The fraction of sp³-hybridized carbons (Fsp3) is 0.208. The van der Waals surface area contributed by atoms with Gasteiger partial charge < -0.3 is 9.55 Å². The minimum atomic E-state index is -0.120. The van der Waals surface area contributed by atoms with E-state index < -0.39 is 0 Å². The van der Waals surface area contributed by atoms with Gasteiger partial charge in [0.1, 0.15) is 0 Å². The first-order valence-electron chi connectivity index (χ1n) is 9.54. The van der Waals surface area contributed by atoms with E-state index in [4.69, 9.17) is 23.2 Å². The summed E-state index contributed by atoms with van der Waals surface area (Å²) in [5, 5.41) is 1.25. The van der Waals surface area contributed by atoms with E-state index in [1.807, 2.05) is 37.1 Å². The van der Waals surface area contributed by atoms with E-state index in [9.17, 15) is 0 Å². The molecule has 3 nitrogen and oxygen atoms in total. The average Bonchev–Trinajstić information content (AvgIpc) is 3.36. The molecule has 0 saturated heterocycles. The fourth-order valence-electron chi connectivity index (χ4n) is 3.64. The molecule has 0 spiro atoms. The molecule has 1 N–H and O–H groups in total. The van der Waals surface area contributed by atoms with Crippen molar-refractivity contribution in [1.29, 1.82) is 0 Å². The maximum Gasteiger partial charge on any atom is 0.0954 e. The second-order valence-corrected chi connectivity index (χ2v) is 9.07. The van der Waals surface area contributed by atoms with Crippen molar-refractivity contribution in [1.82, 2.24) is 14.5 Å². The van der Waals surface area contributed by atoms with Gasteiger partial charge in [0.05, 0.1) is 12.4 Å². The third kappa shape index (κ3) is 3.98. The largest absolute Gasteiger partial charge is 0.367 e. The molecule has 148 valence electrons. The van der Waals surface area contributed by atoms with Crippen LogP contribution in [0.1, 0.15) is 43.5 Å². The highest BCUT2D eigenvalue weighted by atomic mass is 35.5. The maximum absolute atomic E-state index is 6.60. The molecule has 0 radical (unpaired) electrons. The van der Waals surface area contributed by atoms with E-state index in [0.29, 0.717) is 10.0 Å². The van der Waals surface area contributed by atoms with Gasteiger partial charge in [-0.25, -0.2) is 4.98 Å². The Hall–Kier alpha value is -2.49. The predicted octanol–water partition coefficient (Wildman–Crippen LogP) is 7.12. The first kappa shape index (κ1) is 19.8. The number of rotatable bonds is 4. The second-order valence-electron chi connectivity index (χ2n) is 8.23. The zero-order valence-electron chi connectivity index (χ0n) is 16.7. The number of aromatic nitrogens is 3. The van der Waals surface area contributed by atoms with Gasteiger partial charge in [0.15, 0.2) is 0 Å². The van der Waals surface area contributed by atoms with Crippen LogP contribution in [0.5, 0.6) is 0 Å². The third-order valence-corrected chi connectivity index (χ3v) is 5.78. The van der Waals surface area contributed by atoms with Crippen molar-refractivity contribution in [3.8, 4) is 11.1 Å². The Labute approximate surface area is 181 Å². The van der Waals surface area contributed by atoms with Crippen molar-refractivity contribution >= 4 is 23.2 Å². The standard InChI is InChI=1S/C24H23Cl2N3/c1-24(2,3)17-6-4-16(5-7-17)20-13-28-14-21(20)23(29-11-10-27-15-29)19-9-8-18(25)12-22(19)26/h4-15,23,28H,1-3H3. The predicted molar refractivity (Wildman–Crippen MR) is 121 cm³/mol. The van der Waals surface area contributed by atoms with Crippen LogP contribution in [0.4, 0.5) is 0 Å². The van der Waals surface area contributed by atoms with Gasteiger partial charge >= 0.3 is 0 Å². The Morgan fingerprint density at radius 3 is 2.34 bits per heavy atom. The monoisotopic (exact) mass is 423 g/mol. The van der Waals surface area contributed by atoms with Crippen molar-refractivity contribution in [2.75, 3.05) is 0 Å². The van der Waals surface area contributed by atoms with E-state index in [2.05, 4.69) is 59.6 Å². The van der Waals surface area contributed by atoms with Crippen molar-refractivity contribution < 1.29 is 0 Å². The molecule has 1 atom stereocenters. The van der Waals surface area contributed by atoms with E-state index in [1.165, 1.54) is 5.56 Å². The van der Waals surface area contributed by atoms with E-state index in [1.54, 1.807) is 12.3 Å². The van der Waals surface area contributed by atoms with E-state index in [0.717, 1.165) is 22.3 Å². The molecule has 1 unspecified atom stereocenters. The van der Waals surface area contributed by atoms with Gasteiger partial charge in [0.25, 0.3) is 0 Å². The van der Waals surface area contributed by atoms with Gasteiger partial charge in [-0.1, -0.05) is 74.3 Å². The molecule has 0 fully saturated rings. The highest BCUT2D eigenvalue weighted by Gasteiger charge is 2.23. The van der Waals surface area contributed by atoms with Gasteiger partial charge in [-0.3, -0.25) is 0 Å². The molecular formula is C24H23Cl2N3. The molecule has 0 aliphatic rings. The number of nitrogens with one attached hydrogen (secondary N) is 1. The number of benzene rings is 2. The SMILES string of the molecule is CC(C)(C)c1ccc(-c2c[nH]cc2C(c2ccc(Cl)cc2Cl)n2ccnc2)cc1. The highest BCUT2D eigenvalue weighted by molar-refractivity contribution is 6.35. The number of aromatic amines is 1. The van der Waals surface area contributed by atoms with Crippen LogP contribution in [0.3, 0.4) is 0 Å². The van der Waals surface area contributed by atoms with Crippen LogP contribution in [0.15, 0.2) is 73.6 Å². The Morgan fingerprint density at radius 1 is 0.966 bits per heavy atom. The van der Waals surface area contributed by atoms with Crippen LogP contribution in [-0.4, -0.2) is 14.5 Å². The molecule has 2 aromatic heterocycles. The Bertz CT molecular complexity index is 1100. The number of nitrogens with zero attached hydrogens (tertiary/aromatic N) is 2. The topological polar surface area (TPSA) is 33.6 Å². The molecule has 2 heterocycles. The summed E-state index contributed by atoms with van der Waals surface area (Å²) in [7, 11) is 0. The smallest absolute Gasteiger partial charge is 0.0954 e. The summed E-state index contributed by atoms with van der Waals surface area (Å²) in [4.78, 5) is 7.53. The van der Waals surface area contributed by atoms with E-state index >= 15 is 0 Å².